The molecule has 1 heterocycles. The summed E-state index contributed by atoms with van der Waals surface area (Å²) >= 11 is 1.19. The minimum absolute atomic E-state index is 0.0241. The second-order valence-corrected chi connectivity index (χ2v) is 7.24. The van der Waals surface area contributed by atoms with E-state index in [0.717, 1.165) is 25.7 Å². The Labute approximate surface area is 149 Å². The van der Waals surface area contributed by atoms with Gasteiger partial charge in [-0.05, 0) is 30.7 Å². The Hall–Kier alpha value is -1.57. The third-order valence-corrected chi connectivity index (χ3v) is 5.25. The number of nitrogens with one attached hydrogen (secondary N) is 1. The fraction of sp³-hybridized carbons (Fsp3) is 0.647. The van der Waals surface area contributed by atoms with Crippen LogP contribution in [0.4, 0.5) is 13.2 Å². The molecule has 1 atom stereocenters. The fourth-order valence-electron chi connectivity index (χ4n) is 3.06. The van der Waals surface area contributed by atoms with Crippen molar-refractivity contribution < 1.29 is 22.8 Å². The zero-order valence-electron chi connectivity index (χ0n) is 14.1. The average Bonchev–Trinajstić information content (AvgIpc) is 3.23. The Bertz CT molecular complexity index is 569. The molecule has 0 aliphatic heterocycles. The van der Waals surface area contributed by atoms with E-state index in [2.05, 4.69) is 5.32 Å². The molecule has 140 valence electrons. The minimum Gasteiger partial charge on any atom is -0.351 e. The molecule has 1 N–H and O–H groups in total. The van der Waals surface area contributed by atoms with Gasteiger partial charge in [-0.25, -0.2) is 0 Å². The molecule has 2 rings (SSSR count). The first-order valence-corrected chi connectivity index (χ1v) is 9.44. The van der Waals surface area contributed by atoms with Gasteiger partial charge in [0.05, 0.1) is 0 Å². The number of carbonyl (C=O) groups excluding carboxylic acids is 2. The minimum atomic E-state index is -5.00. The van der Waals surface area contributed by atoms with Gasteiger partial charge in [-0.2, -0.15) is 13.2 Å². The lowest BCUT2D eigenvalue weighted by molar-refractivity contribution is -0.188. The van der Waals surface area contributed by atoms with Crippen LogP contribution in [0.2, 0.25) is 0 Å². The highest BCUT2D eigenvalue weighted by Crippen LogP contribution is 2.31. The first-order valence-electron chi connectivity index (χ1n) is 8.56. The highest BCUT2D eigenvalue weighted by Gasteiger charge is 2.46. The van der Waals surface area contributed by atoms with E-state index in [1.807, 2.05) is 6.92 Å². The van der Waals surface area contributed by atoms with Crippen molar-refractivity contribution in [2.75, 3.05) is 6.54 Å². The molecule has 0 saturated heterocycles. The number of rotatable bonds is 7. The van der Waals surface area contributed by atoms with Crippen molar-refractivity contribution in [1.82, 2.24) is 10.2 Å². The van der Waals surface area contributed by atoms with Crippen LogP contribution in [-0.4, -0.2) is 35.5 Å². The van der Waals surface area contributed by atoms with Gasteiger partial charge in [-0.1, -0.05) is 32.3 Å². The molecule has 0 spiro atoms. The van der Waals surface area contributed by atoms with Crippen molar-refractivity contribution in [3.63, 3.8) is 0 Å². The number of alkyl halides is 3. The Morgan fingerprint density at radius 3 is 2.56 bits per heavy atom. The van der Waals surface area contributed by atoms with Gasteiger partial charge in [0.1, 0.15) is 6.04 Å². The predicted octanol–water partition coefficient (Wildman–Crippen LogP) is 4.04. The van der Waals surface area contributed by atoms with Crippen molar-refractivity contribution in [2.24, 2.45) is 0 Å². The maximum Gasteiger partial charge on any atom is 0.471 e. The molecule has 1 fully saturated rings. The van der Waals surface area contributed by atoms with Gasteiger partial charge in [0.2, 0.25) is 5.91 Å². The van der Waals surface area contributed by atoms with Crippen LogP contribution < -0.4 is 5.32 Å². The van der Waals surface area contributed by atoms with E-state index in [-0.39, 0.29) is 12.6 Å². The van der Waals surface area contributed by atoms with Gasteiger partial charge in [-0.3, -0.25) is 9.59 Å². The van der Waals surface area contributed by atoms with Gasteiger partial charge in [-0.15, -0.1) is 11.3 Å². The SMILES string of the molecule is CCCCN(C(=O)C(F)(F)F)[C@@H](C(=O)NC1CCCC1)c1cccs1. The predicted molar refractivity (Wildman–Crippen MR) is 90.1 cm³/mol. The summed E-state index contributed by atoms with van der Waals surface area (Å²) < 4.78 is 39.2. The van der Waals surface area contributed by atoms with Crippen LogP contribution in [0.1, 0.15) is 56.4 Å². The van der Waals surface area contributed by atoms with E-state index in [9.17, 15) is 22.8 Å². The smallest absolute Gasteiger partial charge is 0.351 e. The number of halogens is 3. The third kappa shape index (κ3) is 5.20. The van der Waals surface area contributed by atoms with Gasteiger partial charge in [0, 0.05) is 17.5 Å². The molecule has 8 heteroatoms. The van der Waals surface area contributed by atoms with Crippen LogP contribution >= 0.6 is 11.3 Å². The second-order valence-electron chi connectivity index (χ2n) is 6.26. The number of hydrogen-bond acceptors (Lipinski definition) is 3. The number of carbonyl (C=O) groups is 2. The largest absolute Gasteiger partial charge is 0.471 e. The third-order valence-electron chi connectivity index (χ3n) is 4.33. The Balaban J connectivity index is 2.29. The zero-order valence-corrected chi connectivity index (χ0v) is 15.0. The summed E-state index contributed by atoms with van der Waals surface area (Å²) in [6, 6.07) is 2.02. The molecular weight excluding hydrogens is 353 g/mol. The van der Waals surface area contributed by atoms with Crippen molar-refractivity contribution in [3.8, 4) is 0 Å². The quantitative estimate of drug-likeness (QED) is 0.781. The van der Waals surface area contributed by atoms with E-state index in [1.54, 1.807) is 17.5 Å². The van der Waals surface area contributed by atoms with E-state index >= 15 is 0 Å². The van der Waals surface area contributed by atoms with Crippen LogP contribution in [0.15, 0.2) is 17.5 Å². The van der Waals surface area contributed by atoms with Crippen molar-refractivity contribution in [2.45, 2.75) is 63.7 Å². The Morgan fingerprint density at radius 1 is 1.36 bits per heavy atom. The molecule has 0 radical (unpaired) electrons. The van der Waals surface area contributed by atoms with Crippen LogP contribution in [0, 0.1) is 0 Å². The van der Waals surface area contributed by atoms with Crippen LogP contribution in [-0.2, 0) is 9.59 Å². The number of nitrogens with zero attached hydrogens (tertiary/aromatic N) is 1. The van der Waals surface area contributed by atoms with Crippen LogP contribution in [0.5, 0.6) is 0 Å². The molecule has 4 nitrogen and oxygen atoms in total. The van der Waals surface area contributed by atoms with Gasteiger partial charge in [0.25, 0.3) is 0 Å². The summed E-state index contributed by atoms with van der Waals surface area (Å²) in [5, 5.41) is 4.53. The lowest BCUT2D eigenvalue weighted by Crippen LogP contribution is -2.50. The summed E-state index contributed by atoms with van der Waals surface area (Å²) in [5.41, 5.74) is 0. The standard InChI is InChI=1S/C17H23F3N2O2S/c1-2-3-10-22(16(24)17(18,19)20)14(13-9-6-11-25-13)15(23)21-12-7-4-5-8-12/h6,9,11-12,14H,2-5,7-8,10H2,1H3,(H,21,23)/t14-/m1/s1. The molecule has 0 unspecified atom stereocenters. The van der Waals surface area contributed by atoms with Crippen molar-refractivity contribution in [3.05, 3.63) is 22.4 Å². The summed E-state index contributed by atoms with van der Waals surface area (Å²) in [6.45, 7) is 1.73. The fourth-order valence-corrected chi connectivity index (χ4v) is 3.90. The van der Waals surface area contributed by atoms with Gasteiger partial charge >= 0.3 is 12.1 Å². The Kier molecular flexibility index (Phi) is 6.87. The lowest BCUT2D eigenvalue weighted by Gasteiger charge is -2.31. The lowest BCUT2D eigenvalue weighted by atomic mass is 10.1. The number of unbranched alkanes of at least 4 members (excludes halogenated alkanes) is 1. The average molecular weight is 376 g/mol. The molecular formula is C17H23F3N2O2S. The number of thiophene rings is 1. The molecule has 25 heavy (non-hydrogen) atoms. The maximum absolute atomic E-state index is 13.1. The molecule has 2 amide bonds. The molecule has 1 aliphatic carbocycles. The van der Waals surface area contributed by atoms with E-state index in [0.29, 0.717) is 22.6 Å². The zero-order chi connectivity index (χ0) is 18.4. The van der Waals surface area contributed by atoms with Crippen LogP contribution in [0.3, 0.4) is 0 Å². The van der Waals surface area contributed by atoms with E-state index in [1.165, 1.54) is 11.3 Å². The van der Waals surface area contributed by atoms with Crippen LogP contribution in [0.25, 0.3) is 0 Å². The topological polar surface area (TPSA) is 49.4 Å². The van der Waals surface area contributed by atoms with E-state index < -0.39 is 24.0 Å². The van der Waals surface area contributed by atoms with Gasteiger partial charge in [0.15, 0.2) is 0 Å². The molecule has 1 saturated carbocycles. The summed E-state index contributed by atoms with van der Waals surface area (Å²) in [4.78, 5) is 25.9. The molecule has 0 aromatic carbocycles. The summed E-state index contributed by atoms with van der Waals surface area (Å²) in [7, 11) is 0. The first kappa shape index (κ1) is 19.8. The maximum atomic E-state index is 13.1. The van der Waals surface area contributed by atoms with Crippen molar-refractivity contribution >= 4 is 23.2 Å². The second kappa shape index (κ2) is 8.69. The molecule has 1 aromatic heterocycles. The van der Waals surface area contributed by atoms with Crippen molar-refractivity contribution in [1.29, 1.82) is 0 Å². The summed E-state index contributed by atoms with van der Waals surface area (Å²) in [5.74, 6) is -2.48. The number of hydrogen-bond donors (Lipinski definition) is 1. The monoisotopic (exact) mass is 376 g/mol. The van der Waals surface area contributed by atoms with E-state index in [4.69, 9.17) is 0 Å². The van der Waals surface area contributed by atoms with Gasteiger partial charge < -0.3 is 10.2 Å². The Morgan fingerprint density at radius 2 is 2.04 bits per heavy atom. The normalized spacial score (nSPS) is 16.6. The number of amides is 2. The highest BCUT2D eigenvalue weighted by atomic mass is 32.1. The highest BCUT2D eigenvalue weighted by molar-refractivity contribution is 7.10. The first-order chi connectivity index (χ1) is 11.8. The molecule has 1 aromatic rings. The summed E-state index contributed by atoms with van der Waals surface area (Å²) in [6.07, 6.45) is -0.332. The molecule has 1 aliphatic rings. The molecule has 0 bridgehead atoms.